The smallest absolute Gasteiger partial charge is 0.206 e. The highest BCUT2D eigenvalue weighted by Crippen LogP contribution is 2.22. The summed E-state index contributed by atoms with van der Waals surface area (Å²) in [4.78, 5) is 15.8. The number of benzene rings is 1. The molecule has 200 valence electrons. The van der Waals surface area contributed by atoms with Crippen LogP contribution in [0.5, 0.6) is 5.75 Å². The maximum absolute atomic E-state index is 10.1. The Kier molecular flexibility index (Phi) is 8.98. The zero-order valence-electron chi connectivity index (χ0n) is 22.3. The minimum Gasteiger partial charge on any atom is -0.507 e. The summed E-state index contributed by atoms with van der Waals surface area (Å²) in [7, 11) is 0. The van der Waals surface area contributed by atoms with Gasteiger partial charge in [0, 0.05) is 50.0 Å². The van der Waals surface area contributed by atoms with Crippen molar-refractivity contribution >= 4 is 17.4 Å². The molecular formula is C29H38N8O. The Morgan fingerprint density at radius 1 is 1.08 bits per heavy atom. The molecule has 2 saturated heterocycles. The van der Waals surface area contributed by atoms with Crippen LogP contribution in [0.1, 0.15) is 50.9 Å². The van der Waals surface area contributed by atoms with Gasteiger partial charge in [-0.25, -0.2) is 9.97 Å². The van der Waals surface area contributed by atoms with Crippen LogP contribution in [-0.2, 0) is 0 Å². The predicted molar refractivity (Wildman–Crippen MR) is 152 cm³/mol. The van der Waals surface area contributed by atoms with Crippen molar-refractivity contribution in [3.63, 3.8) is 0 Å². The van der Waals surface area contributed by atoms with Gasteiger partial charge >= 0.3 is 0 Å². The summed E-state index contributed by atoms with van der Waals surface area (Å²) in [6.45, 7) is 8.07. The van der Waals surface area contributed by atoms with E-state index in [0.717, 1.165) is 25.3 Å². The molecule has 38 heavy (non-hydrogen) atoms. The molecule has 0 bridgehead atoms. The zero-order valence-corrected chi connectivity index (χ0v) is 22.3. The third-order valence-corrected chi connectivity index (χ3v) is 7.39. The second-order valence-corrected chi connectivity index (χ2v) is 10.0. The topological polar surface area (TPSA) is 129 Å². The SMILES string of the molecule is CC1CCCC(C)N1CC#Cc1nccc(N2CCCN(/C(=C/C(=N)c3ccccc3O)C(=N)N)CC2)n1. The van der Waals surface area contributed by atoms with Gasteiger partial charge in [-0.2, -0.15) is 0 Å². The lowest BCUT2D eigenvalue weighted by atomic mass is 9.98. The van der Waals surface area contributed by atoms with Crippen LogP contribution in [0.25, 0.3) is 0 Å². The van der Waals surface area contributed by atoms with Crippen LogP contribution < -0.4 is 10.6 Å². The van der Waals surface area contributed by atoms with Gasteiger partial charge in [0.1, 0.15) is 17.4 Å². The lowest BCUT2D eigenvalue weighted by Crippen LogP contribution is -2.43. The van der Waals surface area contributed by atoms with Gasteiger partial charge in [-0.3, -0.25) is 10.3 Å². The monoisotopic (exact) mass is 514 g/mol. The summed E-state index contributed by atoms with van der Waals surface area (Å²) in [5, 5.41) is 26.7. The van der Waals surface area contributed by atoms with Crippen LogP contribution in [0.15, 0.2) is 48.3 Å². The van der Waals surface area contributed by atoms with Crippen molar-refractivity contribution in [2.45, 2.75) is 51.6 Å². The standard InChI is InChI=1S/C29H38N8O/c1-21-8-5-9-22(2)37(21)17-6-12-27-33-14-13-28(34-27)36-16-7-15-35(18-19-36)25(29(31)32)20-24(30)23-10-3-4-11-26(23)38/h3-4,10-11,13-14,20-22,30,38H,5,7-9,15-19H2,1-2H3,(H3,31,32)/b25-20+,30-24?. The van der Waals surface area contributed by atoms with Crippen molar-refractivity contribution in [3.05, 3.63) is 59.7 Å². The highest BCUT2D eigenvalue weighted by Gasteiger charge is 2.23. The van der Waals surface area contributed by atoms with E-state index in [1.807, 2.05) is 11.0 Å². The average molecular weight is 515 g/mol. The normalized spacial score (nSPS) is 20.8. The van der Waals surface area contributed by atoms with Gasteiger partial charge < -0.3 is 26.0 Å². The number of phenolic OH excluding ortho intramolecular Hbond substituents is 1. The molecule has 2 unspecified atom stereocenters. The van der Waals surface area contributed by atoms with Gasteiger partial charge in [0.05, 0.1) is 18.0 Å². The Bertz CT molecular complexity index is 1240. The van der Waals surface area contributed by atoms with Gasteiger partial charge in [0.25, 0.3) is 0 Å². The number of amidine groups is 1. The number of anilines is 1. The number of hydrogen-bond acceptors (Lipinski definition) is 8. The van der Waals surface area contributed by atoms with Crippen LogP contribution in [-0.4, -0.2) is 81.2 Å². The van der Waals surface area contributed by atoms with Crippen molar-refractivity contribution in [3.8, 4) is 17.6 Å². The summed E-state index contributed by atoms with van der Waals surface area (Å²) in [6, 6.07) is 9.72. The molecule has 1 aromatic heterocycles. The highest BCUT2D eigenvalue weighted by atomic mass is 16.3. The number of likely N-dealkylation sites (tertiary alicyclic amines) is 1. The quantitative estimate of drug-likeness (QED) is 0.265. The number of nitrogens with two attached hydrogens (primary N) is 1. The Labute approximate surface area is 225 Å². The fraction of sp³-hybridized carbons (Fsp3) is 0.448. The molecule has 0 amide bonds. The number of nitrogens with zero attached hydrogens (tertiary/aromatic N) is 5. The molecule has 1 aromatic carbocycles. The second kappa shape index (κ2) is 12.6. The third-order valence-electron chi connectivity index (χ3n) is 7.39. The average Bonchev–Trinajstić information content (AvgIpc) is 3.15. The molecule has 2 aromatic rings. The number of aromatic hydroxyl groups is 1. The Morgan fingerprint density at radius 3 is 2.58 bits per heavy atom. The zero-order chi connectivity index (χ0) is 27.1. The fourth-order valence-corrected chi connectivity index (χ4v) is 5.22. The molecule has 4 rings (SSSR count). The number of hydrogen-bond donors (Lipinski definition) is 4. The van der Waals surface area contributed by atoms with Crippen LogP contribution in [0.3, 0.4) is 0 Å². The van der Waals surface area contributed by atoms with Gasteiger partial charge in [-0.15, -0.1) is 0 Å². The van der Waals surface area contributed by atoms with Crippen LogP contribution in [0.4, 0.5) is 5.82 Å². The maximum atomic E-state index is 10.1. The number of aromatic nitrogens is 2. The molecule has 0 radical (unpaired) electrons. The van der Waals surface area contributed by atoms with Crippen molar-refractivity contribution in [2.75, 3.05) is 37.6 Å². The predicted octanol–water partition coefficient (Wildman–Crippen LogP) is 3.20. The van der Waals surface area contributed by atoms with E-state index < -0.39 is 0 Å². The number of allylic oxidation sites excluding steroid dienone is 1. The highest BCUT2D eigenvalue weighted by molar-refractivity contribution is 6.12. The molecule has 0 spiro atoms. The summed E-state index contributed by atoms with van der Waals surface area (Å²) < 4.78 is 0. The molecule has 2 aliphatic rings. The van der Waals surface area contributed by atoms with E-state index in [0.29, 0.717) is 48.8 Å². The third kappa shape index (κ3) is 6.69. The van der Waals surface area contributed by atoms with E-state index in [-0.39, 0.29) is 17.3 Å². The van der Waals surface area contributed by atoms with E-state index in [1.165, 1.54) is 19.3 Å². The van der Waals surface area contributed by atoms with Gasteiger partial charge in [-0.05, 0) is 63.3 Å². The Morgan fingerprint density at radius 2 is 1.84 bits per heavy atom. The minimum absolute atomic E-state index is 0.0290. The van der Waals surface area contributed by atoms with E-state index in [2.05, 4.69) is 40.5 Å². The number of rotatable bonds is 6. The summed E-state index contributed by atoms with van der Waals surface area (Å²) in [5.74, 6) is 7.74. The van der Waals surface area contributed by atoms with Gasteiger partial charge in [0.15, 0.2) is 0 Å². The summed E-state index contributed by atoms with van der Waals surface area (Å²) in [6.07, 6.45) is 7.89. The number of para-hydroxylation sites is 1. The molecule has 2 fully saturated rings. The van der Waals surface area contributed by atoms with E-state index >= 15 is 0 Å². The molecular weight excluding hydrogens is 476 g/mol. The molecule has 0 aliphatic carbocycles. The minimum atomic E-state index is -0.101. The lowest BCUT2D eigenvalue weighted by molar-refractivity contribution is 0.121. The second-order valence-electron chi connectivity index (χ2n) is 10.0. The first kappa shape index (κ1) is 27.1. The van der Waals surface area contributed by atoms with Crippen molar-refractivity contribution < 1.29 is 5.11 Å². The molecule has 9 nitrogen and oxygen atoms in total. The Hall–Kier alpha value is -3.90. The molecule has 9 heteroatoms. The molecule has 5 N–H and O–H groups in total. The molecule has 3 heterocycles. The van der Waals surface area contributed by atoms with E-state index in [1.54, 1.807) is 36.5 Å². The van der Waals surface area contributed by atoms with E-state index in [4.69, 9.17) is 21.5 Å². The van der Waals surface area contributed by atoms with Crippen LogP contribution in [0, 0.1) is 22.7 Å². The number of piperidine rings is 1. The first-order chi connectivity index (χ1) is 18.3. The van der Waals surface area contributed by atoms with E-state index in [9.17, 15) is 5.11 Å². The molecule has 2 aliphatic heterocycles. The lowest BCUT2D eigenvalue weighted by Gasteiger charge is -2.37. The van der Waals surface area contributed by atoms with Crippen molar-refractivity contribution in [2.24, 2.45) is 5.73 Å². The van der Waals surface area contributed by atoms with Crippen LogP contribution >= 0.6 is 0 Å². The van der Waals surface area contributed by atoms with Crippen molar-refractivity contribution in [1.29, 1.82) is 10.8 Å². The molecule has 0 saturated carbocycles. The molecule has 2 atom stereocenters. The summed E-state index contributed by atoms with van der Waals surface area (Å²) >= 11 is 0. The largest absolute Gasteiger partial charge is 0.507 e. The van der Waals surface area contributed by atoms with Gasteiger partial charge in [0.2, 0.25) is 5.82 Å². The fourth-order valence-electron chi connectivity index (χ4n) is 5.22. The van der Waals surface area contributed by atoms with Gasteiger partial charge in [-0.1, -0.05) is 24.5 Å². The number of nitrogens with one attached hydrogen (secondary N) is 2. The first-order valence-corrected chi connectivity index (χ1v) is 13.3. The first-order valence-electron chi connectivity index (χ1n) is 13.3. The number of phenols is 1. The van der Waals surface area contributed by atoms with Crippen molar-refractivity contribution in [1.82, 2.24) is 19.8 Å². The Balaban J connectivity index is 1.43. The summed E-state index contributed by atoms with van der Waals surface area (Å²) in [5.41, 5.74) is 6.93. The maximum Gasteiger partial charge on any atom is 0.206 e. The van der Waals surface area contributed by atoms with Crippen LogP contribution in [0.2, 0.25) is 0 Å².